The summed E-state index contributed by atoms with van der Waals surface area (Å²) in [4.78, 5) is 31.3. The fraction of sp³-hybridized carbons (Fsp3) is 0.0357. The smallest absolute Gasteiger partial charge is 0.164 e. The molecule has 2 aromatic heterocycles. The van der Waals surface area contributed by atoms with Crippen LogP contribution in [0, 0.1) is 0 Å². The van der Waals surface area contributed by atoms with E-state index in [0.717, 1.165) is 55.6 Å². The van der Waals surface area contributed by atoms with Gasteiger partial charge in [-0.3, -0.25) is 0 Å². The minimum atomic E-state index is -0.491. The summed E-state index contributed by atoms with van der Waals surface area (Å²) in [5, 5.41) is 0. The third-order valence-electron chi connectivity index (χ3n) is 25.2. The predicted octanol–water partition coefficient (Wildman–Crippen LogP) is 26.4. The summed E-state index contributed by atoms with van der Waals surface area (Å²) in [6.07, 6.45) is 0. The standard InChI is InChI=1S/C112H72N6/c1-7-27-75(28-8-1)105-113-107(117-109(115-105)79-61-53-73(54-62-79)87-43-25-47-99-103(87)93-41-21-23-45-97(93)111(99,83-31-11-3-12-32-83)84-33-13-4-14-34-84)77-57-49-71(50-58-77)81-65-67-91-95(69-81)101-89-39-19-20-40-90(89)102(91)96-70-82(66-68-92(96)101)72-51-59-78(60-52-72)108-114-106(76-29-9-2-10-30-76)116-110(118-108)80-63-55-74(56-64-80)88-44-26-48-100-104(88)94-42-22-24-46-98(94)112(100,85-35-15-5-16-36-85)86-37-17-6-18-38-86/h1-70,101-102H. The highest BCUT2D eigenvalue weighted by Crippen LogP contribution is 2.62. The van der Waals surface area contributed by atoms with E-state index in [1.807, 2.05) is 36.4 Å². The van der Waals surface area contributed by atoms with Crippen LogP contribution in [0.15, 0.2) is 425 Å². The lowest BCUT2D eigenvalue weighted by Crippen LogP contribution is -2.28. The van der Waals surface area contributed by atoms with Crippen LogP contribution in [0.1, 0.15) is 89.7 Å². The maximum absolute atomic E-state index is 5.27. The third-order valence-corrected chi connectivity index (χ3v) is 25.2. The second kappa shape index (κ2) is 27.8. The molecule has 0 aliphatic heterocycles. The van der Waals surface area contributed by atoms with Crippen LogP contribution in [0.5, 0.6) is 0 Å². The second-order valence-corrected chi connectivity index (χ2v) is 31.3. The number of hydrogen-bond acceptors (Lipinski definition) is 6. The van der Waals surface area contributed by atoms with Crippen LogP contribution < -0.4 is 0 Å². The molecule has 118 heavy (non-hydrogen) atoms. The first kappa shape index (κ1) is 68.4. The lowest BCUT2D eigenvalue weighted by Gasteiger charge is -2.42. The molecule has 24 rings (SSSR count). The molecule has 2 bridgehead atoms. The van der Waals surface area contributed by atoms with Gasteiger partial charge < -0.3 is 0 Å². The minimum Gasteiger partial charge on any atom is -0.208 e. The number of fused-ring (bicyclic) bond motifs is 6. The minimum absolute atomic E-state index is 0.0738. The number of hydrogen-bond donors (Lipinski definition) is 0. The Bertz CT molecular complexity index is 6610. The Morgan fingerprint density at radius 3 is 0.703 bits per heavy atom. The summed E-state index contributed by atoms with van der Waals surface area (Å²) < 4.78 is 0. The van der Waals surface area contributed by atoms with Crippen molar-refractivity contribution in [2.75, 3.05) is 0 Å². The molecule has 19 aromatic rings. The van der Waals surface area contributed by atoms with Crippen LogP contribution in [0.3, 0.4) is 0 Å². The van der Waals surface area contributed by atoms with Crippen molar-refractivity contribution in [3.8, 4) is 135 Å². The van der Waals surface area contributed by atoms with E-state index in [1.165, 1.54) is 122 Å². The summed E-state index contributed by atoms with van der Waals surface area (Å²) in [7, 11) is 0. The van der Waals surface area contributed by atoms with Crippen LogP contribution >= 0.6 is 0 Å². The van der Waals surface area contributed by atoms with E-state index in [9.17, 15) is 0 Å². The molecule has 0 radical (unpaired) electrons. The molecule has 5 aliphatic rings. The van der Waals surface area contributed by atoms with Crippen LogP contribution in [-0.4, -0.2) is 29.9 Å². The first-order valence-corrected chi connectivity index (χ1v) is 40.6. The molecule has 17 aromatic carbocycles. The molecule has 6 heteroatoms. The van der Waals surface area contributed by atoms with E-state index >= 15 is 0 Å². The zero-order valence-electron chi connectivity index (χ0n) is 64.3. The quantitative estimate of drug-likeness (QED) is 0.108. The Morgan fingerprint density at radius 2 is 0.381 bits per heavy atom. The van der Waals surface area contributed by atoms with E-state index in [0.29, 0.717) is 34.9 Å². The van der Waals surface area contributed by atoms with Gasteiger partial charge in [-0.15, -0.1) is 0 Å². The van der Waals surface area contributed by atoms with Gasteiger partial charge in [-0.1, -0.05) is 413 Å². The Morgan fingerprint density at radius 1 is 0.153 bits per heavy atom. The average molecular weight is 1500 g/mol. The predicted molar refractivity (Wildman–Crippen MR) is 477 cm³/mol. The van der Waals surface area contributed by atoms with Crippen molar-refractivity contribution < 1.29 is 0 Å². The van der Waals surface area contributed by atoms with Crippen molar-refractivity contribution in [2.24, 2.45) is 0 Å². The zero-order valence-corrected chi connectivity index (χ0v) is 64.3. The summed E-state index contributed by atoms with van der Waals surface area (Å²) in [5.41, 5.74) is 37.0. The Kier molecular flexibility index (Phi) is 16.1. The SMILES string of the molecule is c1ccc(-c2nc(-c3ccc(-c4ccc5c(c4)C4c6ccccc6C5c5cc(-c6ccc(-c7nc(-c8ccccc8)nc(-c8ccc(-c9cccc%10c9-c9ccccc9C%10(c9ccccc9)c9ccccc9)cc8)n7)cc6)ccc54)cc3)nc(-c3ccc(-c4cccc5c4-c4ccccc4C5(c4ccccc4)c4ccccc4)cc3)n2)cc1. The van der Waals surface area contributed by atoms with Crippen LogP contribution in [0.25, 0.3) is 135 Å². The average Bonchev–Trinajstić information content (AvgIpc) is 1.42. The van der Waals surface area contributed by atoms with Crippen molar-refractivity contribution in [3.05, 3.63) is 503 Å². The van der Waals surface area contributed by atoms with Gasteiger partial charge in [0.15, 0.2) is 34.9 Å². The highest BCUT2D eigenvalue weighted by Gasteiger charge is 2.49. The summed E-state index contributed by atoms with van der Waals surface area (Å²) in [6.45, 7) is 0. The van der Waals surface area contributed by atoms with Gasteiger partial charge in [0.05, 0.1) is 10.8 Å². The lowest BCUT2D eigenvalue weighted by atomic mass is 9.60. The van der Waals surface area contributed by atoms with Gasteiger partial charge in [0.25, 0.3) is 0 Å². The number of nitrogens with zero attached hydrogens (tertiary/aromatic N) is 6. The third kappa shape index (κ3) is 10.9. The van der Waals surface area contributed by atoms with Gasteiger partial charge in [0.1, 0.15) is 0 Å². The first-order valence-electron chi connectivity index (χ1n) is 40.6. The molecule has 0 saturated carbocycles. The molecule has 5 aliphatic carbocycles. The second-order valence-electron chi connectivity index (χ2n) is 31.3. The van der Waals surface area contributed by atoms with Gasteiger partial charge in [0.2, 0.25) is 0 Å². The fourth-order valence-electron chi connectivity index (χ4n) is 20.0. The highest BCUT2D eigenvalue weighted by atomic mass is 15.0. The van der Waals surface area contributed by atoms with Gasteiger partial charge in [-0.2, -0.15) is 0 Å². The van der Waals surface area contributed by atoms with E-state index in [2.05, 4.69) is 388 Å². The summed E-state index contributed by atoms with van der Waals surface area (Å²) >= 11 is 0. The molecule has 0 fully saturated rings. The Hall–Kier alpha value is -15.2. The van der Waals surface area contributed by atoms with Gasteiger partial charge in [-0.25, -0.2) is 29.9 Å². The highest BCUT2D eigenvalue weighted by molar-refractivity contribution is 5.98. The van der Waals surface area contributed by atoms with E-state index < -0.39 is 10.8 Å². The molecule has 0 amide bonds. The van der Waals surface area contributed by atoms with Crippen molar-refractivity contribution in [3.63, 3.8) is 0 Å². The molecule has 550 valence electrons. The Balaban J connectivity index is 0.534. The maximum atomic E-state index is 5.27. The van der Waals surface area contributed by atoms with E-state index in [1.54, 1.807) is 0 Å². The number of aromatic nitrogens is 6. The maximum Gasteiger partial charge on any atom is 0.164 e. The molecule has 2 atom stereocenters. The van der Waals surface area contributed by atoms with Gasteiger partial charge in [0, 0.05) is 45.2 Å². The largest absolute Gasteiger partial charge is 0.208 e. The Labute approximate surface area is 685 Å². The van der Waals surface area contributed by atoms with Crippen LogP contribution in [-0.2, 0) is 10.8 Å². The molecular formula is C112H72N6. The monoisotopic (exact) mass is 1500 g/mol. The van der Waals surface area contributed by atoms with Crippen molar-refractivity contribution in [1.29, 1.82) is 0 Å². The van der Waals surface area contributed by atoms with Crippen LogP contribution in [0.2, 0.25) is 0 Å². The molecule has 2 heterocycles. The topological polar surface area (TPSA) is 77.3 Å². The first-order chi connectivity index (χ1) is 58.5. The molecule has 0 N–H and O–H groups in total. The van der Waals surface area contributed by atoms with Crippen molar-refractivity contribution in [1.82, 2.24) is 29.9 Å². The van der Waals surface area contributed by atoms with Crippen LogP contribution in [0.4, 0.5) is 0 Å². The normalized spacial score (nSPS) is 14.4. The molecular weight excluding hydrogens is 1430 g/mol. The van der Waals surface area contributed by atoms with Gasteiger partial charge >= 0.3 is 0 Å². The van der Waals surface area contributed by atoms with Crippen molar-refractivity contribution >= 4 is 0 Å². The lowest BCUT2D eigenvalue weighted by molar-refractivity contribution is 0.755. The van der Waals surface area contributed by atoms with E-state index in [-0.39, 0.29) is 11.8 Å². The molecule has 6 nitrogen and oxygen atoms in total. The summed E-state index contributed by atoms with van der Waals surface area (Å²) in [5.74, 6) is 3.85. The zero-order chi connectivity index (χ0) is 77.8. The summed E-state index contributed by atoms with van der Waals surface area (Å²) in [6, 6.07) is 154. The number of rotatable bonds is 14. The number of benzene rings is 17. The molecule has 0 saturated heterocycles. The van der Waals surface area contributed by atoms with Crippen molar-refractivity contribution in [2.45, 2.75) is 22.7 Å². The molecule has 0 spiro atoms. The molecule has 2 unspecified atom stereocenters. The van der Waals surface area contributed by atoms with Gasteiger partial charge in [-0.05, 0) is 157 Å². The fourth-order valence-corrected chi connectivity index (χ4v) is 20.0. The van der Waals surface area contributed by atoms with E-state index in [4.69, 9.17) is 29.9 Å².